The highest BCUT2D eigenvalue weighted by Crippen LogP contribution is 2.20. The maximum atomic E-state index is 12.4. The van der Waals surface area contributed by atoms with Gasteiger partial charge in [0.05, 0.1) is 13.2 Å². The first-order valence-electron chi connectivity index (χ1n) is 9.28. The number of halogens is 2. The summed E-state index contributed by atoms with van der Waals surface area (Å²) < 4.78 is 4.51. The van der Waals surface area contributed by atoms with Crippen molar-refractivity contribution < 1.29 is 23.9 Å². The third-order valence-electron chi connectivity index (χ3n) is 4.20. The fraction of sp³-hybridized carbons (Fsp3) is 0.579. The number of imide groups is 1. The summed E-state index contributed by atoms with van der Waals surface area (Å²) in [6.07, 6.45) is 6.03. The van der Waals surface area contributed by atoms with Gasteiger partial charge < -0.3 is 15.4 Å². The van der Waals surface area contributed by atoms with Crippen LogP contribution in [0.3, 0.4) is 0 Å². The summed E-state index contributed by atoms with van der Waals surface area (Å²) in [5, 5.41) is 8.95. The standard InChI is InChI=1S/C19H27Br2N3O5/c1-12(18(27)23-15-8-13(10-20)7-14(9-15)11-21)22-19(28)24-16(25)5-3-4-6-17(26)29-2/h7-8,12,15H,3-6,9-11H2,1-2H3,(H,23,27)(H2,22,24,25,28)/t12-,15?/m0/s1. The molecule has 162 valence electrons. The minimum absolute atomic E-state index is 0.106. The van der Waals surface area contributed by atoms with Gasteiger partial charge in [-0.05, 0) is 31.8 Å². The number of hydrogen-bond acceptors (Lipinski definition) is 5. The van der Waals surface area contributed by atoms with Gasteiger partial charge in [-0.3, -0.25) is 19.7 Å². The van der Waals surface area contributed by atoms with Crippen LogP contribution in [0, 0.1) is 0 Å². The average Bonchev–Trinajstić information content (AvgIpc) is 2.70. The Bertz CT molecular complexity index is 679. The molecule has 0 heterocycles. The molecule has 1 unspecified atom stereocenters. The molecule has 0 aliphatic heterocycles. The molecule has 0 aromatic heterocycles. The summed E-state index contributed by atoms with van der Waals surface area (Å²) in [6.45, 7) is 1.55. The number of alkyl halides is 2. The summed E-state index contributed by atoms with van der Waals surface area (Å²) in [5.74, 6) is -1.14. The van der Waals surface area contributed by atoms with Crippen LogP contribution < -0.4 is 16.0 Å². The summed E-state index contributed by atoms with van der Waals surface area (Å²) in [6, 6.07) is -1.69. The highest BCUT2D eigenvalue weighted by molar-refractivity contribution is 9.09. The summed E-state index contributed by atoms with van der Waals surface area (Å²) in [5.41, 5.74) is 2.25. The second-order valence-corrected chi connectivity index (χ2v) is 7.78. The lowest BCUT2D eigenvalue weighted by atomic mass is 9.97. The Labute approximate surface area is 187 Å². The highest BCUT2D eigenvalue weighted by atomic mass is 79.9. The van der Waals surface area contributed by atoms with Crippen molar-refractivity contribution in [1.82, 2.24) is 16.0 Å². The van der Waals surface area contributed by atoms with Crippen LogP contribution in [0.4, 0.5) is 4.79 Å². The third-order valence-corrected chi connectivity index (χ3v) is 5.56. The maximum Gasteiger partial charge on any atom is 0.322 e. The SMILES string of the molecule is COC(=O)CCCCC(=O)NC(=O)N[C@@H](C)C(=O)NC1C=C(CBr)C=C(CBr)C1. The van der Waals surface area contributed by atoms with E-state index in [1.54, 1.807) is 6.92 Å². The Kier molecular flexibility index (Phi) is 11.8. The number of ether oxygens (including phenoxy) is 1. The Morgan fingerprint density at radius 1 is 1.17 bits per heavy atom. The van der Waals surface area contributed by atoms with E-state index in [-0.39, 0.29) is 30.8 Å². The Balaban J connectivity index is 2.37. The molecule has 1 rings (SSSR count). The van der Waals surface area contributed by atoms with Crippen molar-refractivity contribution in [3.63, 3.8) is 0 Å². The Hall–Kier alpha value is -1.68. The molecule has 8 nitrogen and oxygen atoms in total. The number of amides is 4. The number of hydrogen-bond donors (Lipinski definition) is 3. The van der Waals surface area contributed by atoms with Gasteiger partial charge in [0.2, 0.25) is 11.8 Å². The van der Waals surface area contributed by atoms with E-state index < -0.39 is 18.0 Å². The number of unbranched alkanes of at least 4 members (excludes halogenated alkanes) is 1. The number of urea groups is 1. The Morgan fingerprint density at radius 2 is 1.86 bits per heavy atom. The van der Waals surface area contributed by atoms with Gasteiger partial charge in [-0.15, -0.1) is 0 Å². The lowest BCUT2D eigenvalue weighted by Crippen LogP contribution is -2.51. The van der Waals surface area contributed by atoms with Crippen molar-refractivity contribution in [3.8, 4) is 0 Å². The summed E-state index contributed by atoms with van der Waals surface area (Å²) >= 11 is 6.85. The molecule has 0 spiro atoms. The van der Waals surface area contributed by atoms with E-state index in [2.05, 4.69) is 58.6 Å². The van der Waals surface area contributed by atoms with E-state index in [1.165, 1.54) is 12.7 Å². The molecular formula is C19H27Br2N3O5. The summed E-state index contributed by atoms with van der Waals surface area (Å²) in [7, 11) is 1.30. The molecule has 10 heteroatoms. The van der Waals surface area contributed by atoms with Crippen molar-refractivity contribution in [2.45, 2.75) is 51.1 Å². The lowest BCUT2D eigenvalue weighted by Gasteiger charge is -2.23. The molecule has 0 radical (unpaired) electrons. The first-order chi connectivity index (χ1) is 13.8. The predicted octanol–water partition coefficient (Wildman–Crippen LogP) is 2.47. The van der Waals surface area contributed by atoms with E-state index in [1.807, 2.05) is 6.08 Å². The van der Waals surface area contributed by atoms with Gasteiger partial charge in [-0.25, -0.2) is 4.79 Å². The molecule has 1 aliphatic rings. The largest absolute Gasteiger partial charge is 0.469 e. The Morgan fingerprint density at radius 3 is 2.48 bits per heavy atom. The number of nitrogens with one attached hydrogen (secondary N) is 3. The molecule has 2 atom stereocenters. The van der Waals surface area contributed by atoms with Crippen LogP contribution in [0.5, 0.6) is 0 Å². The number of carbonyl (C=O) groups excluding carboxylic acids is 4. The molecule has 0 aromatic carbocycles. The smallest absolute Gasteiger partial charge is 0.322 e. The quantitative estimate of drug-likeness (QED) is 0.225. The molecule has 0 saturated heterocycles. The van der Waals surface area contributed by atoms with Crippen LogP contribution in [0.1, 0.15) is 39.0 Å². The predicted molar refractivity (Wildman–Crippen MR) is 117 cm³/mol. The zero-order valence-corrected chi connectivity index (χ0v) is 19.7. The van der Waals surface area contributed by atoms with Crippen molar-refractivity contribution in [3.05, 3.63) is 23.3 Å². The first-order valence-corrected chi connectivity index (χ1v) is 11.5. The van der Waals surface area contributed by atoms with Crippen LogP contribution in [-0.4, -0.2) is 53.7 Å². The van der Waals surface area contributed by atoms with E-state index in [9.17, 15) is 19.2 Å². The van der Waals surface area contributed by atoms with Gasteiger partial charge >= 0.3 is 12.0 Å². The van der Waals surface area contributed by atoms with Crippen molar-refractivity contribution in [2.24, 2.45) is 0 Å². The van der Waals surface area contributed by atoms with Crippen molar-refractivity contribution >= 4 is 55.7 Å². The highest BCUT2D eigenvalue weighted by Gasteiger charge is 2.21. The van der Waals surface area contributed by atoms with Crippen LogP contribution in [0.15, 0.2) is 23.3 Å². The number of allylic oxidation sites excluding steroid dienone is 2. The number of methoxy groups -OCH3 is 1. The van der Waals surface area contributed by atoms with E-state index in [0.717, 1.165) is 10.9 Å². The zero-order valence-electron chi connectivity index (χ0n) is 16.6. The normalized spacial score (nSPS) is 16.8. The molecule has 4 amide bonds. The molecule has 3 N–H and O–H groups in total. The average molecular weight is 537 g/mol. The van der Waals surface area contributed by atoms with Crippen LogP contribution >= 0.6 is 31.9 Å². The van der Waals surface area contributed by atoms with Gasteiger partial charge in [-0.2, -0.15) is 0 Å². The second-order valence-electron chi connectivity index (χ2n) is 6.66. The molecule has 0 aromatic rings. The molecule has 0 bridgehead atoms. The molecule has 0 fully saturated rings. The van der Waals surface area contributed by atoms with Crippen molar-refractivity contribution in [2.75, 3.05) is 17.8 Å². The van der Waals surface area contributed by atoms with E-state index in [4.69, 9.17) is 0 Å². The van der Waals surface area contributed by atoms with Gasteiger partial charge in [-0.1, -0.05) is 49.6 Å². The van der Waals surface area contributed by atoms with Crippen LogP contribution in [-0.2, 0) is 19.1 Å². The molecular weight excluding hydrogens is 510 g/mol. The number of esters is 1. The molecule has 29 heavy (non-hydrogen) atoms. The maximum absolute atomic E-state index is 12.4. The fourth-order valence-corrected chi connectivity index (χ4v) is 3.43. The minimum Gasteiger partial charge on any atom is -0.469 e. The monoisotopic (exact) mass is 535 g/mol. The minimum atomic E-state index is -0.804. The zero-order chi connectivity index (χ0) is 21.8. The van der Waals surface area contributed by atoms with Gasteiger partial charge in [0, 0.05) is 23.5 Å². The van der Waals surface area contributed by atoms with Gasteiger partial charge in [0.15, 0.2) is 0 Å². The topological polar surface area (TPSA) is 114 Å². The number of rotatable bonds is 10. The van der Waals surface area contributed by atoms with Crippen LogP contribution in [0.2, 0.25) is 0 Å². The molecule has 0 saturated carbocycles. The first kappa shape index (κ1) is 25.4. The third kappa shape index (κ3) is 10.1. The van der Waals surface area contributed by atoms with Gasteiger partial charge in [0.1, 0.15) is 6.04 Å². The summed E-state index contributed by atoms with van der Waals surface area (Å²) in [4.78, 5) is 47.0. The van der Waals surface area contributed by atoms with E-state index in [0.29, 0.717) is 24.6 Å². The number of carbonyl (C=O) groups is 4. The van der Waals surface area contributed by atoms with E-state index >= 15 is 0 Å². The lowest BCUT2D eigenvalue weighted by molar-refractivity contribution is -0.140. The molecule has 1 aliphatic carbocycles. The fourth-order valence-electron chi connectivity index (χ4n) is 2.69. The van der Waals surface area contributed by atoms with Gasteiger partial charge in [0.25, 0.3) is 0 Å². The van der Waals surface area contributed by atoms with Crippen LogP contribution in [0.25, 0.3) is 0 Å². The second kappa shape index (κ2) is 13.5. The van der Waals surface area contributed by atoms with Crippen molar-refractivity contribution in [1.29, 1.82) is 0 Å².